The molecule has 1 saturated heterocycles. The number of aliphatic hydroxyl groups excluding tert-OH is 1. The molecule has 118 valence electrons. The highest BCUT2D eigenvalue weighted by atomic mass is 19.1. The predicted octanol–water partition coefficient (Wildman–Crippen LogP) is 1.85. The van der Waals surface area contributed by atoms with Gasteiger partial charge in [-0.2, -0.15) is 0 Å². The first kappa shape index (κ1) is 16.2. The van der Waals surface area contributed by atoms with Crippen molar-refractivity contribution in [3.63, 3.8) is 0 Å². The van der Waals surface area contributed by atoms with Gasteiger partial charge in [0.15, 0.2) is 11.6 Å². The van der Waals surface area contributed by atoms with Crippen molar-refractivity contribution in [1.82, 2.24) is 4.90 Å². The summed E-state index contributed by atoms with van der Waals surface area (Å²) < 4.78 is 24.7. The van der Waals surface area contributed by atoms with Gasteiger partial charge in [0.25, 0.3) is 0 Å². The molecule has 4 nitrogen and oxygen atoms in total. The lowest BCUT2D eigenvalue weighted by Gasteiger charge is -2.35. The van der Waals surface area contributed by atoms with Gasteiger partial charge in [-0.1, -0.05) is 19.1 Å². The fourth-order valence-electron chi connectivity index (χ4n) is 2.71. The summed E-state index contributed by atoms with van der Waals surface area (Å²) in [6, 6.07) is 4.98. The molecule has 0 saturated carbocycles. The molecule has 0 aromatic heterocycles. The first-order valence-corrected chi connectivity index (χ1v) is 7.49. The average molecular weight is 297 g/mol. The summed E-state index contributed by atoms with van der Waals surface area (Å²) in [7, 11) is 1.44. The quantitative estimate of drug-likeness (QED) is 0.870. The Hall–Kier alpha value is -1.17. The maximum atomic E-state index is 14.1. The van der Waals surface area contributed by atoms with Crippen LogP contribution >= 0.6 is 0 Å². The van der Waals surface area contributed by atoms with Gasteiger partial charge >= 0.3 is 0 Å². The van der Waals surface area contributed by atoms with Crippen LogP contribution in [0.25, 0.3) is 0 Å². The Bertz CT molecular complexity index is 453. The Morgan fingerprint density at radius 1 is 1.52 bits per heavy atom. The Labute approximate surface area is 125 Å². The highest BCUT2D eigenvalue weighted by Gasteiger charge is 2.27. The topological polar surface area (TPSA) is 41.9 Å². The summed E-state index contributed by atoms with van der Waals surface area (Å²) in [5.74, 6) is -0.197. The second-order valence-electron chi connectivity index (χ2n) is 5.41. The zero-order valence-electron chi connectivity index (χ0n) is 12.7. The third-order valence-electron chi connectivity index (χ3n) is 3.84. The first-order chi connectivity index (χ1) is 10.2. The highest BCUT2D eigenvalue weighted by Crippen LogP contribution is 2.22. The molecular weight excluding hydrogens is 273 g/mol. The standard InChI is InChI=1S/C16H24FNO3/c1-3-7-18-8-9-21-15(11-18)13(19)10-12-5-4-6-14(20-2)16(12)17/h4-6,13,15,19H,3,7-11H2,1-2H3. The molecule has 1 heterocycles. The molecule has 0 aliphatic carbocycles. The van der Waals surface area contributed by atoms with Gasteiger partial charge in [-0.15, -0.1) is 0 Å². The molecule has 1 fully saturated rings. The second kappa shape index (κ2) is 7.73. The minimum atomic E-state index is -0.716. The van der Waals surface area contributed by atoms with E-state index in [0.29, 0.717) is 18.7 Å². The summed E-state index contributed by atoms with van der Waals surface area (Å²) in [5.41, 5.74) is 0.457. The molecule has 1 aliphatic heterocycles. The number of aliphatic hydroxyl groups is 1. The second-order valence-corrected chi connectivity index (χ2v) is 5.41. The number of benzene rings is 1. The van der Waals surface area contributed by atoms with E-state index in [1.165, 1.54) is 7.11 Å². The summed E-state index contributed by atoms with van der Waals surface area (Å²) >= 11 is 0. The Balaban J connectivity index is 1.99. The molecule has 0 amide bonds. The Morgan fingerprint density at radius 2 is 2.33 bits per heavy atom. The van der Waals surface area contributed by atoms with Crippen molar-refractivity contribution in [2.75, 3.05) is 33.4 Å². The SMILES string of the molecule is CCCN1CCOC(C(O)Cc2cccc(OC)c2F)C1. The van der Waals surface area contributed by atoms with E-state index in [4.69, 9.17) is 9.47 Å². The monoisotopic (exact) mass is 297 g/mol. The normalized spacial score (nSPS) is 21.2. The number of ether oxygens (including phenoxy) is 2. The first-order valence-electron chi connectivity index (χ1n) is 7.49. The van der Waals surface area contributed by atoms with E-state index in [1.54, 1.807) is 18.2 Å². The molecule has 0 radical (unpaired) electrons. The van der Waals surface area contributed by atoms with Crippen molar-refractivity contribution in [1.29, 1.82) is 0 Å². The molecule has 0 spiro atoms. The lowest BCUT2D eigenvalue weighted by Crippen LogP contribution is -2.48. The van der Waals surface area contributed by atoms with E-state index >= 15 is 0 Å². The number of hydrogen-bond donors (Lipinski definition) is 1. The van der Waals surface area contributed by atoms with Gasteiger partial charge < -0.3 is 14.6 Å². The maximum absolute atomic E-state index is 14.1. The molecule has 1 aromatic rings. The molecule has 0 bridgehead atoms. The zero-order valence-corrected chi connectivity index (χ0v) is 12.7. The van der Waals surface area contributed by atoms with Gasteiger partial charge in [-0.25, -0.2) is 4.39 Å². The predicted molar refractivity (Wildman–Crippen MR) is 79.1 cm³/mol. The minimum absolute atomic E-state index is 0.205. The van der Waals surface area contributed by atoms with Gasteiger partial charge in [0, 0.05) is 19.5 Å². The van der Waals surface area contributed by atoms with E-state index in [1.807, 2.05) is 0 Å². The molecule has 21 heavy (non-hydrogen) atoms. The number of nitrogens with zero attached hydrogens (tertiary/aromatic N) is 1. The fraction of sp³-hybridized carbons (Fsp3) is 0.625. The largest absolute Gasteiger partial charge is 0.494 e. The van der Waals surface area contributed by atoms with E-state index in [-0.39, 0.29) is 18.3 Å². The van der Waals surface area contributed by atoms with Crippen LogP contribution in [0.1, 0.15) is 18.9 Å². The van der Waals surface area contributed by atoms with Crippen molar-refractivity contribution in [2.45, 2.75) is 32.0 Å². The van der Waals surface area contributed by atoms with Crippen LogP contribution in [0.5, 0.6) is 5.75 Å². The van der Waals surface area contributed by atoms with E-state index in [9.17, 15) is 9.50 Å². The van der Waals surface area contributed by atoms with Gasteiger partial charge in [0.2, 0.25) is 0 Å². The molecule has 1 aliphatic rings. The molecule has 2 atom stereocenters. The molecule has 2 unspecified atom stereocenters. The van der Waals surface area contributed by atoms with Crippen LogP contribution in [-0.2, 0) is 11.2 Å². The van der Waals surface area contributed by atoms with E-state index < -0.39 is 11.9 Å². The highest BCUT2D eigenvalue weighted by molar-refractivity contribution is 5.31. The van der Waals surface area contributed by atoms with Gasteiger partial charge in [0.1, 0.15) is 0 Å². The number of morpholine rings is 1. The maximum Gasteiger partial charge on any atom is 0.168 e. The van der Waals surface area contributed by atoms with Gasteiger partial charge in [-0.3, -0.25) is 4.90 Å². The van der Waals surface area contributed by atoms with Crippen LogP contribution in [0.15, 0.2) is 18.2 Å². The number of rotatable bonds is 6. The lowest BCUT2D eigenvalue weighted by atomic mass is 10.0. The van der Waals surface area contributed by atoms with Crippen LogP contribution in [0.4, 0.5) is 4.39 Å². The third kappa shape index (κ3) is 4.15. The van der Waals surface area contributed by atoms with Crippen LogP contribution in [0.3, 0.4) is 0 Å². The van der Waals surface area contributed by atoms with Crippen LogP contribution in [0, 0.1) is 5.82 Å². The summed E-state index contributed by atoms with van der Waals surface area (Å²) in [5, 5.41) is 10.3. The van der Waals surface area contributed by atoms with Crippen molar-refractivity contribution in [2.24, 2.45) is 0 Å². The lowest BCUT2D eigenvalue weighted by molar-refractivity contribution is -0.0879. The van der Waals surface area contributed by atoms with Crippen LogP contribution in [-0.4, -0.2) is 55.6 Å². The number of methoxy groups -OCH3 is 1. The van der Waals surface area contributed by atoms with E-state index in [0.717, 1.165) is 19.5 Å². The minimum Gasteiger partial charge on any atom is -0.494 e. The number of halogens is 1. The van der Waals surface area contributed by atoms with Crippen molar-refractivity contribution in [3.8, 4) is 5.75 Å². The van der Waals surface area contributed by atoms with Crippen LogP contribution in [0.2, 0.25) is 0 Å². The van der Waals surface area contributed by atoms with Gasteiger partial charge in [-0.05, 0) is 24.6 Å². The summed E-state index contributed by atoms with van der Waals surface area (Å²) in [6.07, 6.45) is 0.322. The molecule has 5 heteroatoms. The molecule has 2 rings (SSSR count). The summed E-state index contributed by atoms with van der Waals surface area (Å²) in [6.45, 7) is 5.33. The van der Waals surface area contributed by atoms with Crippen molar-refractivity contribution < 1.29 is 19.0 Å². The average Bonchev–Trinajstić information content (AvgIpc) is 2.50. The van der Waals surface area contributed by atoms with Crippen molar-refractivity contribution in [3.05, 3.63) is 29.6 Å². The smallest absolute Gasteiger partial charge is 0.168 e. The van der Waals surface area contributed by atoms with Crippen LogP contribution < -0.4 is 4.74 Å². The van der Waals surface area contributed by atoms with Crippen molar-refractivity contribution >= 4 is 0 Å². The third-order valence-corrected chi connectivity index (χ3v) is 3.84. The molecule has 1 N–H and O–H groups in total. The summed E-state index contributed by atoms with van der Waals surface area (Å²) in [4.78, 5) is 2.28. The number of hydrogen-bond acceptors (Lipinski definition) is 4. The Morgan fingerprint density at radius 3 is 3.05 bits per heavy atom. The van der Waals surface area contributed by atoms with E-state index in [2.05, 4.69) is 11.8 Å². The Kier molecular flexibility index (Phi) is 5.96. The van der Waals surface area contributed by atoms with Gasteiger partial charge in [0.05, 0.1) is 25.9 Å². The zero-order chi connectivity index (χ0) is 15.2. The fourth-order valence-corrected chi connectivity index (χ4v) is 2.71. The molecular formula is C16H24FNO3. The molecule has 1 aromatic carbocycles.